The van der Waals surface area contributed by atoms with E-state index in [1.807, 2.05) is 42.5 Å². The monoisotopic (exact) mass is 352 g/mol. The Morgan fingerprint density at radius 3 is 2.40 bits per heavy atom. The lowest BCUT2D eigenvalue weighted by molar-refractivity contribution is 0.411. The molecule has 0 saturated heterocycles. The molecule has 4 rings (SSSR count). The molecule has 2 aromatic carbocycles. The first kappa shape index (κ1) is 15.4. The molecule has 0 amide bonds. The highest BCUT2D eigenvalue weighted by atomic mass is 35.5. The maximum Gasteiger partial charge on any atom is 0.237 e. The minimum Gasteiger partial charge on any atom is -0.497 e. The first-order valence-electron chi connectivity index (χ1n) is 7.54. The van der Waals surface area contributed by atoms with Crippen molar-refractivity contribution in [2.45, 2.75) is 0 Å². The predicted octanol–water partition coefficient (Wildman–Crippen LogP) is 4.25. The standard InChI is InChI=1S/C18H13ClN4O2/c1-24-12-6-8-13(9-7-12)25-17-11-10-16-20-21-18(23(16)22-17)14-4-2-3-5-15(14)19/h2-11H,1H3. The first-order valence-corrected chi connectivity index (χ1v) is 7.92. The third kappa shape index (κ3) is 2.99. The normalized spacial score (nSPS) is 10.8. The Balaban J connectivity index is 1.72. The second-order valence-corrected chi connectivity index (χ2v) is 5.63. The van der Waals surface area contributed by atoms with Gasteiger partial charge in [-0.25, -0.2) is 0 Å². The van der Waals surface area contributed by atoms with Crippen molar-refractivity contribution in [1.82, 2.24) is 19.8 Å². The lowest BCUT2D eigenvalue weighted by atomic mass is 10.2. The molecule has 4 aromatic rings. The van der Waals surface area contributed by atoms with Gasteiger partial charge in [0.2, 0.25) is 5.88 Å². The molecule has 2 heterocycles. The Bertz CT molecular complexity index is 1030. The Labute approximate surface area is 148 Å². The van der Waals surface area contributed by atoms with Crippen LogP contribution in [0.15, 0.2) is 60.7 Å². The van der Waals surface area contributed by atoms with Crippen molar-refractivity contribution in [2.75, 3.05) is 7.11 Å². The Morgan fingerprint density at radius 2 is 1.64 bits per heavy atom. The smallest absolute Gasteiger partial charge is 0.237 e. The number of methoxy groups -OCH3 is 1. The van der Waals surface area contributed by atoms with Gasteiger partial charge in [-0.05, 0) is 42.5 Å². The van der Waals surface area contributed by atoms with Crippen LogP contribution in [0.5, 0.6) is 17.4 Å². The van der Waals surface area contributed by atoms with Crippen LogP contribution in [0.3, 0.4) is 0 Å². The predicted molar refractivity (Wildman–Crippen MR) is 94.3 cm³/mol. The van der Waals surface area contributed by atoms with E-state index in [1.165, 1.54) is 0 Å². The number of fused-ring (bicyclic) bond motifs is 1. The van der Waals surface area contributed by atoms with Crippen LogP contribution >= 0.6 is 11.6 Å². The number of benzene rings is 2. The molecule has 0 N–H and O–H groups in total. The highest BCUT2D eigenvalue weighted by Crippen LogP contribution is 2.27. The lowest BCUT2D eigenvalue weighted by Crippen LogP contribution is -1.98. The quantitative estimate of drug-likeness (QED) is 0.549. The molecular formula is C18H13ClN4O2. The molecule has 0 spiro atoms. The van der Waals surface area contributed by atoms with Gasteiger partial charge in [0.15, 0.2) is 11.5 Å². The molecule has 0 aliphatic carbocycles. The molecule has 7 heteroatoms. The summed E-state index contributed by atoms with van der Waals surface area (Å²) in [7, 11) is 1.62. The first-order chi connectivity index (χ1) is 12.2. The largest absolute Gasteiger partial charge is 0.497 e. The Morgan fingerprint density at radius 1 is 0.880 bits per heavy atom. The maximum atomic E-state index is 6.26. The van der Waals surface area contributed by atoms with Crippen molar-refractivity contribution in [3.8, 4) is 28.8 Å². The molecule has 6 nitrogen and oxygen atoms in total. The minimum absolute atomic E-state index is 0.422. The van der Waals surface area contributed by atoms with Gasteiger partial charge in [0.1, 0.15) is 11.5 Å². The number of hydrogen-bond donors (Lipinski definition) is 0. The van der Waals surface area contributed by atoms with Crippen molar-refractivity contribution < 1.29 is 9.47 Å². The van der Waals surface area contributed by atoms with Gasteiger partial charge in [0, 0.05) is 11.6 Å². The van der Waals surface area contributed by atoms with Gasteiger partial charge >= 0.3 is 0 Å². The van der Waals surface area contributed by atoms with E-state index in [9.17, 15) is 0 Å². The minimum atomic E-state index is 0.422. The van der Waals surface area contributed by atoms with Crippen LogP contribution in [0.4, 0.5) is 0 Å². The lowest BCUT2D eigenvalue weighted by Gasteiger charge is -2.07. The molecule has 0 atom stereocenters. The van der Waals surface area contributed by atoms with E-state index in [0.29, 0.717) is 28.1 Å². The molecule has 0 aliphatic rings. The highest BCUT2D eigenvalue weighted by Gasteiger charge is 2.13. The molecule has 124 valence electrons. The van der Waals surface area contributed by atoms with Crippen LogP contribution in [0.1, 0.15) is 0 Å². The van der Waals surface area contributed by atoms with Crippen LogP contribution in [0.2, 0.25) is 5.02 Å². The number of hydrogen-bond acceptors (Lipinski definition) is 5. The zero-order valence-corrected chi connectivity index (χ0v) is 14.0. The summed E-state index contributed by atoms with van der Waals surface area (Å²) in [6.45, 7) is 0. The van der Waals surface area contributed by atoms with E-state index >= 15 is 0 Å². The summed E-state index contributed by atoms with van der Waals surface area (Å²) >= 11 is 6.26. The molecule has 0 bridgehead atoms. The second-order valence-electron chi connectivity index (χ2n) is 5.22. The van der Waals surface area contributed by atoms with E-state index < -0.39 is 0 Å². The fourth-order valence-electron chi connectivity index (χ4n) is 2.40. The number of rotatable bonds is 4. The molecule has 2 aromatic heterocycles. The van der Waals surface area contributed by atoms with Crippen LogP contribution in [0, 0.1) is 0 Å². The fourth-order valence-corrected chi connectivity index (χ4v) is 2.62. The second kappa shape index (κ2) is 6.41. The maximum absolute atomic E-state index is 6.26. The Kier molecular flexibility index (Phi) is 3.95. The summed E-state index contributed by atoms with van der Waals surface area (Å²) in [5.41, 5.74) is 1.36. The van der Waals surface area contributed by atoms with E-state index in [-0.39, 0.29) is 0 Å². The van der Waals surface area contributed by atoms with E-state index in [4.69, 9.17) is 21.1 Å². The summed E-state index contributed by atoms with van der Waals surface area (Å²) in [5.74, 6) is 2.39. The van der Waals surface area contributed by atoms with Crippen LogP contribution < -0.4 is 9.47 Å². The van der Waals surface area contributed by atoms with Gasteiger partial charge in [-0.2, -0.15) is 4.52 Å². The van der Waals surface area contributed by atoms with Gasteiger partial charge in [0.25, 0.3) is 0 Å². The third-order valence-corrected chi connectivity index (χ3v) is 3.96. The topological polar surface area (TPSA) is 61.5 Å². The van der Waals surface area contributed by atoms with Crippen LogP contribution in [0.25, 0.3) is 17.0 Å². The molecule has 0 fully saturated rings. The van der Waals surface area contributed by atoms with Crippen molar-refractivity contribution in [2.24, 2.45) is 0 Å². The summed E-state index contributed by atoms with van der Waals surface area (Å²) in [4.78, 5) is 0. The number of nitrogens with zero attached hydrogens (tertiary/aromatic N) is 4. The van der Waals surface area contributed by atoms with Gasteiger partial charge in [-0.15, -0.1) is 15.3 Å². The van der Waals surface area contributed by atoms with Crippen molar-refractivity contribution >= 4 is 17.2 Å². The van der Waals surface area contributed by atoms with Gasteiger partial charge < -0.3 is 9.47 Å². The molecule has 0 aliphatic heterocycles. The summed E-state index contributed by atoms with van der Waals surface area (Å²) in [6, 6.07) is 18.2. The summed E-state index contributed by atoms with van der Waals surface area (Å²) in [5, 5.41) is 13.4. The Hall–Kier alpha value is -3.12. The zero-order valence-electron chi connectivity index (χ0n) is 13.3. The average molecular weight is 353 g/mol. The van der Waals surface area contributed by atoms with E-state index in [0.717, 1.165) is 11.3 Å². The molecule has 0 unspecified atom stereocenters. The van der Waals surface area contributed by atoms with Crippen LogP contribution in [-0.4, -0.2) is 26.9 Å². The van der Waals surface area contributed by atoms with E-state index in [1.54, 1.807) is 29.8 Å². The molecule has 0 radical (unpaired) electrons. The average Bonchev–Trinajstić information content (AvgIpc) is 3.06. The fraction of sp³-hybridized carbons (Fsp3) is 0.0556. The number of halogens is 1. The zero-order chi connectivity index (χ0) is 17.2. The SMILES string of the molecule is COc1ccc(Oc2ccc3nnc(-c4ccccc4Cl)n3n2)cc1. The van der Waals surface area contributed by atoms with Crippen molar-refractivity contribution in [3.05, 3.63) is 65.7 Å². The summed E-state index contributed by atoms with van der Waals surface area (Å²) < 4.78 is 12.5. The molecule has 0 saturated carbocycles. The number of aromatic nitrogens is 4. The molecule has 25 heavy (non-hydrogen) atoms. The number of ether oxygens (including phenoxy) is 2. The third-order valence-electron chi connectivity index (χ3n) is 3.63. The highest BCUT2D eigenvalue weighted by molar-refractivity contribution is 6.33. The van der Waals surface area contributed by atoms with Gasteiger partial charge in [-0.3, -0.25) is 0 Å². The van der Waals surface area contributed by atoms with Gasteiger partial charge in [0.05, 0.1) is 12.1 Å². The van der Waals surface area contributed by atoms with E-state index in [2.05, 4.69) is 15.3 Å². The van der Waals surface area contributed by atoms with Crippen LogP contribution in [-0.2, 0) is 0 Å². The summed E-state index contributed by atoms with van der Waals surface area (Å²) in [6.07, 6.45) is 0. The van der Waals surface area contributed by atoms with Gasteiger partial charge in [-0.1, -0.05) is 23.7 Å². The van der Waals surface area contributed by atoms with Crippen molar-refractivity contribution in [3.63, 3.8) is 0 Å². The van der Waals surface area contributed by atoms with Crippen molar-refractivity contribution in [1.29, 1.82) is 0 Å². The molecular weight excluding hydrogens is 340 g/mol.